The zero-order valence-electron chi connectivity index (χ0n) is 14.8. The van der Waals surface area contributed by atoms with Crippen molar-refractivity contribution in [2.75, 3.05) is 19.6 Å². The molecule has 1 amide bonds. The Balaban J connectivity index is 1.38. The van der Waals surface area contributed by atoms with Crippen LogP contribution in [0.25, 0.3) is 0 Å². The molecule has 0 aromatic heterocycles. The number of carbonyl (C=O) groups excluding carboxylic acids is 1. The number of hydrogen-bond donors (Lipinski definition) is 3. The van der Waals surface area contributed by atoms with Crippen LogP contribution in [0.1, 0.15) is 37.7 Å². The van der Waals surface area contributed by atoms with E-state index >= 15 is 0 Å². The van der Waals surface area contributed by atoms with Crippen LogP contribution in [-0.2, 0) is 11.3 Å². The van der Waals surface area contributed by atoms with Crippen molar-refractivity contribution in [1.29, 1.82) is 0 Å². The molecule has 136 valence electrons. The maximum Gasteiger partial charge on any atom is 0.220 e. The van der Waals surface area contributed by atoms with E-state index in [-0.39, 0.29) is 11.9 Å². The van der Waals surface area contributed by atoms with E-state index in [1.165, 1.54) is 5.56 Å². The summed E-state index contributed by atoms with van der Waals surface area (Å²) < 4.78 is 0. The van der Waals surface area contributed by atoms with Crippen LogP contribution in [0.3, 0.4) is 0 Å². The molecule has 2 fully saturated rings. The summed E-state index contributed by atoms with van der Waals surface area (Å²) in [6, 6.07) is 11.1. The molecule has 2 aliphatic heterocycles. The van der Waals surface area contributed by atoms with Crippen molar-refractivity contribution in [3.8, 4) is 0 Å². The number of hydrogen-bond acceptors (Lipinski definition) is 3. The number of benzene rings is 1. The Morgan fingerprint density at radius 3 is 2.72 bits per heavy atom. The molecule has 25 heavy (non-hydrogen) atoms. The molecule has 0 bridgehead atoms. The van der Waals surface area contributed by atoms with Crippen LogP contribution in [0.4, 0.5) is 0 Å². The van der Waals surface area contributed by atoms with Gasteiger partial charge < -0.3 is 16.4 Å². The van der Waals surface area contributed by atoms with Gasteiger partial charge in [0.2, 0.25) is 5.91 Å². The van der Waals surface area contributed by atoms with Crippen LogP contribution in [0.2, 0.25) is 0 Å². The largest absolute Gasteiger partial charge is 0.370 e. The molecule has 0 aliphatic carbocycles. The Bertz CT molecular complexity index is 581. The van der Waals surface area contributed by atoms with E-state index in [2.05, 4.69) is 50.9 Å². The monoisotopic (exact) mass is 343 g/mol. The molecule has 2 saturated heterocycles. The zero-order valence-corrected chi connectivity index (χ0v) is 14.8. The smallest absolute Gasteiger partial charge is 0.220 e. The molecule has 0 saturated carbocycles. The second-order valence-electron chi connectivity index (χ2n) is 7.06. The first kappa shape index (κ1) is 17.7. The van der Waals surface area contributed by atoms with Crippen molar-refractivity contribution in [3.05, 3.63) is 35.9 Å². The summed E-state index contributed by atoms with van der Waals surface area (Å²) in [7, 11) is 0. The average Bonchev–Trinajstić information content (AvgIpc) is 2.63. The predicted octanol–water partition coefficient (Wildman–Crippen LogP) is 1.22. The minimum absolute atomic E-state index is 0.128. The Morgan fingerprint density at radius 1 is 1.24 bits per heavy atom. The highest BCUT2D eigenvalue weighted by Gasteiger charge is 2.20. The lowest BCUT2D eigenvalue weighted by Gasteiger charge is -2.32. The summed E-state index contributed by atoms with van der Waals surface area (Å²) in [6.45, 7) is 3.72. The van der Waals surface area contributed by atoms with E-state index in [0.717, 1.165) is 45.3 Å². The maximum atomic E-state index is 11.4. The second-order valence-corrected chi connectivity index (χ2v) is 7.06. The normalized spacial score (nSPS) is 23.3. The van der Waals surface area contributed by atoms with Crippen LogP contribution in [0.5, 0.6) is 0 Å². The van der Waals surface area contributed by atoms with Crippen molar-refractivity contribution in [2.45, 2.75) is 50.7 Å². The van der Waals surface area contributed by atoms with Crippen LogP contribution >= 0.6 is 0 Å². The number of aliphatic imine (C=N–C) groups is 1. The van der Waals surface area contributed by atoms with Crippen molar-refractivity contribution in [1.82, 2.24) is 15.5 Å². The molecule has 0 radical (unpaired) electrons. The minimum atomic E-state index is 0.128. The van der Waals surface area contributed by atoms with E-state index in [1.54, 1.807) is 0 Å². The van der Waals surface area contributed by atoms with Crippen molar-refractivity contribution >= 4 is 11.9 Å². The van der Waals surface area contributed by atoms with Crippen molar-refractivity contribution in [2.24, 2.45) is 10.7 Å². The number of amides is 1. The third kappa shape index (κ3) is 5.74. The summed E-state index contributed by atoms with van der Waals surface area (Å²) in [4.78, 5) is 18.3. The molecular formula is C19H29N5O. The Kier molecular flexibility index (Phi) is 6.28. The number of carbonyl (C=O) groups is 1. The molecule has 0 spiro atoms. The van der Waals surface area contributed by atoms with Gasteiger partial charge >= 0.3 is 0 Å². The number of piperidine rings is 2. The van der Waals surface area contributed by atoms with Gasteiger partial charge in [0, 0.05) is 38.1 Å². The molecule has 3 rings (SSSR count). The van der Waals surface area contributed by atoms with Crippen LogP contribution < -0.4 is 16.4 Å². The SMILES string of the molecule is NC(=NCC1CCCC(=O)N1)NC1CCN(Cc2ccccc2)CC1. The van der Waals surface area contributed by atoms with Crippen molar-refractivity contribution < 1.29 is 4.79 Å². The first-order valence-corrected chi connectivity index (χ1v) is 9.31. The van der Waals surface area contributed by atoms with E-state index in [9.17, 15) is 4.79 Å². The maximum absolute atomic E-state index is 11.4. The number of likely N-dealkylation sites (tertiary alicyclic amines) is 1. The topological polar surface area (TPSA) is 82.7 Å². The third-order valence-electron chi connectivity index (χ3n) is 4.99. The molecule has 6 nitrogen and oxygen atoms in total. The molecule has 1 aromatic carbocycles. The van der Waals surface area contributed by atoms with Gasteiger partial charge in [0.1, 0.15) is 0 Å². The van der Waals surface area contributed by atoms with Crippen molar-refractivity contribution in [3.63, 3.8) is 0 Å². The fourth-order valence-corrected chi connectivity index (χ4v) is 3.56. The summed E-state index contributed by atoms with van der Waals surface area (Å²) in [6.07, 6.45) is 4.71. The van der Waals surface area contributed by atoms with Gasteiger partial charge in [-0.2, -0.15) is 0 Å². The van der Waals surface area contributed by atoms with Gasteiger partial charge in [0.25, 0.3) is 0 Å². The van der Waals surface area contributed by atoms with Crippen LogP contribution in [0.15, 0.2) is 35.3 Å². The van der Waals surface area contributed by atoms with Crippen LogP contribution in [-0.4, -0.2) is 48.5 Å². The lowest BCUT2D eigenvalue weighted by atomic mass is 10.0. The number of guanidine groups is 1. The molecule has 1 atom stereocenters. The third-order valence-corrected chi connectivity index (χ3v) is 4.99. The van der Waals surface area contributed by atoms with E-state index in [4.69, 9.17) is 5.73 Å². The molecular weight excluding hydrogens is 314 g/mol. The van der Waals surface area contributed by atoms with Gasteiger partial charge in [-0.05, 0) is 31.2 Å². The van der Waals surface area contributed by atoms with Gasteiger partial charge in [-0.3, -0.25) is 14.7 Å². The van der Waals surface area contributed by atoms with Crippen LogP contribution in [0, 0.1) is 0 Å². The summed E-state index contributed by atoms with van der Waals surface area (Å²) in [5.41, 5.74) is 7.39. The van der Waals surface area contributed by atoms with Gasteiger partial charge in [-0.1, -0.05) is 30.3 Å². The van der Waals surface area contributed by atoms with Gasteiger partial charge in [-0.25, -0.2) is 0 Å². The van der Waals surface area contributed by atoms with Gasteiger partial charge in [0.05, 0.1) is 6.54 Å². The van der Waals surface area contributed by atoms with E-state index < -0.39 is 0 Å². The summed E-state index contributed by atoms with van der Waals surface area (Å²) in [5.74, 6) is 0.630. The standard InChI is InChI=1S/C19H29N5O/c20-19(21-13-17-7-4-8-18(25)22-17)23-16-9-11-24(12-10-16)14-15-5-2-1-3-6-15/h1-3,5-6,16-17H,4,7-14H2,(H,22,25)(H3,20,21,23). The predicted molar refractivity (Wildman–Crippen MR) is 100 cm³/mol. The molecule has 6 heteroatoms. The summed E-state index contributed by atoms with van der Waals surface area (Å²) in [5, 5.41) is 6.31. The van der Waals surface area contributed by atoms with Gasteiger partial charge in [-0.15, -0.1) is 0 Å². The lowest BCUT2D eigenvalue weighted by Crippen LogP contribution is -2.47. The molecule has 4 N–H and O–H groups in total. The van der Waals surface area contributed by atoms with E-state index in [1.807, 2.05) is 0 Å². The minimum Gasteiger partial charge on any atom is -0.370 e. The molecule has 2 aliphatic rings. The average molecular weight is 343 g/mol. The Morgan fingerprint density at radius 2 is 2.00 bits per heavy atom. The summed E-state index contributed by atoms with van der Waals surface area (Å²) >= 11 is 0. The number of nitrogens with one attached hydrogen (secondary N) is 2. The molecule has 1 aromatic rings. The number of nitrogens with zero attached hydrogens (tertiary/aromatic N) is 2. The lowest BCUT2D eigenvalue weighted by molar-refractivity contribution is -0.123. The first-order chi connectivity index (χ1) is 12.2. The van der Waals surface area contributed by atoms with E-state index in [0.29, 0.717) is 25.0 Å². The number of rotatable bonds is 5. The second kappa shape index (κ2) is 8.85. The zero-order chi connectivity index (χ0) is 17.5. The fraction of sp³-hybridized carbons (Fsp3) is 0.579. The molecule has 2 heterocycles. The fourth-order valence-electron chi connectivity index (χ4n) is 3.56. The van der Waals surface area contributed by atoms with Gasteiger partial charge in [0.15, 0.2) is 5.96 Å². The Labute approximate surface area is 149 Å². The highest BCUT2D eigenvalue weighted by Crippen LogP contribution is 2.14. The highest BCUT2D eigenvalue weighted by atomic mass is 16.1. The molecule has 1 unspecified atom stereocenters. The number of nitrogens with two attached hydrogens (primary N) is 1. The quantitative estimate of drug-likeness (QED) is 0.555. The highest BCUT2D eigenvalue weighted by molar-refractivity contribution is 5.79. The first-order valence-electron chi connectivity index (χ1n) is 9.31. The Hall–Kier alpha value is -2.08.